The molecular weight excluding hydrogens is 192 g/mol. The smallest absolute Gasteiger partial charge is 0.224 e. The van der Waals surface area contributed by atoms with Crippen molar-refractivity contribution in [3.05, 3.63) is 0 Å². The van der Waals surface area contributed by atoms with E-state index >= 15 is 0 Å². The Kier molecular flexibility index (Phi) is 8.33. The van der Waals surface area contributed by atoms with Crippen molar-refractivity contribution in [1.29, 1.82) is 0 Å². The maximum Gasteiger partial charge on any atom is 0.224 e. The lowest BCUT2D eigenvalue weighted by Gasteiger charge is -2.16. The predicted molar refractivity (Wildman–Crippen MR) is 61.5 cm³/mol. The summed E-state index contributed by atoms with van der Waals surface area (Å²) in [5.74, 6) is 0.526. The molecule has 1 amide bonds. The summed E-state index contributed by atoms with van der Waals surface area (Å²) in [7, 11) is 1.66. The lowest BCUT2D eigenvalue weighted by Crippen LogP contribution is -2.36. The van der Waals surface area contributed by atoms with Crippen molar-refractivity contribution < 1.29 is 9.53 Å². The van der Waals surface area contributed by atoms with E-state index < -0.39 is 0 Å². The number of carbonyl (C=O) groups excluding carboxylic acids is 1. The van der Waals surface area contributed by atoms with Crippen LogP contribution in [-0.2, 0) is 9.53 Å². The fourth-order valence-corrected chi connectivity index (χ4v) is 1.45. The lowest BCUT2D eigenvalue weighted by atomic mass is 9.96. The third-order valence-corrected chi connectivity index (χ3v) is 2.24. The maximum absolute atomic E-state index is 11.6. The van der Waals surface area contributed by atoms with Crippen LogP contribution in [0.3, 0.4) is 0 Å². The molecule has 0 aliphatic heterocycles. The molecule has 0 rings (SSSR count). The zero-order chi connectivity index (χ0) is 11.7. The SMILES string of the molecule is COCCCNC(=O)C(CN)CC(C)C. The van der Waals surface area contributed by atoms with Gasteiger partial charge in [-0.3, -0.25) is 4.79 Å². The Balaban J connectivity index is 3.73. The molecule has 0 aromatic rings. The monoisotopic (exact) mass is 216 g/mol. The van der Waals surface area contributed by atoms with E-state index in [-0.39, 0.29) is 11.8 Å². The highest BCUT2D eigenvalue weighted by atomic mass is 16.5. The van der Waals surface area contributed by atoms with Crippen LogP contribution in [0.5, 0.6) is 0 Å². The van der Waals surface area contributed by atoms with E-state index in [1.807, 2.05) is 0 Å². The summed E-state index contributed by atoms with van der Waals surface area (Å²) < 4.78 is 4.90. The summed E-state index contributed by atoms with van der Waals surface area (Å²) in [5.41, 5.74) is 5.57. The molecule has 4 nitrogen and oxygen atoms in total. The molecule has 0 bridgehead atoms. The highest BCUT2D eigenvalue weighted by Crippen LogP contribution is 2.10. The van der Waals surface area contributed by atoms with Gasteiger partial charge in [0.25, 0.3) is 0 Å². The molecule has 90 valence electrons. The number of ether oxygens (including phenoxy) is 1. The Bertz CT molecular complexity index is 172. The van der Waals surface area contributed by atoms with Crippen molar-refractivity contribution >= 4 is 5.91 Å². The minimum absolute atomic E-state index is 0.0486. The molecule has 0 aromatic heterocycles. The number of hydrogen-bond donors (Lipinski definition) is 2. The van der Waals surface area contributed by atoms with E-state index in [0.29, 0.717) is 25.6 Å². The topological polar surface area (TPSA) is 64.3 Å². The molecular formula is C11H24N2O2. The summed E-state index contributed by atoms with van der Waals surface area (Å²) in [6.07, 6.45) is 1.70. The predicted octanol–water partition coefficient (Wildman–Crippen LogP) is 0.760. The highest BCUT2D eigenvalue weighted by Gasteiger charge is 2.17. The van der Waals surface area contributed by atoms with E-state index in [4.69, 9.17) is 10.5 Å². The van der Waals surface area contributed by atoms with Crippen LogP contribution in [0, 0.1) is 11.8 Å². The van der Waals surface area contributed by atoms with Crippen molar-refractivity contribution in [2.24, 2.45) is 17.6 Å². The highest BCUT2D eigenvalue weighted by molar-refractivity contribution is 5.78. The van der Waals surface area contributed by atoms with E-state index in [1.165, 1.54) is 0 Å². The zero-order valence-corrected chi connectivity index (χ0v) is 10.1. The summed E-state index contributed by atoms with van der Waals surface area (Å²) in [4.78, 5) is 11.6. The first-order valence-electron chi connectivity index (χ1n) is 5.58. The average molecular weight is 216 g/mol. The molecule has 1 atom stereocenters. The van der Waals surface area contributed by atoms with Crippen LogP contribution in [0.4, 0.5) is 0 Å². The van der Waals surface area contributed by atoms with Crippen molar-refractivity contribution in [1.82, 2.24) is 5.32 Å². The molecule has 0 spiro atoms. The molecule has 0 heterocycles. The molecule has 0 aliphatic carbocycles. The van der Waals surface area contributed by atoms with E-state index in [0.717, 1.165) is 12.8 Å². The second kappa shape index (κ2) is 8.68. The number of nitrogens with two attached hydrogens (primary N) is 1. The number of hydrogen-bond acceptors (Lipinski definition) is 3. The van der Waals surface area contributed by atoms with Crippen LogP contribution >= 0.6 is 0 Å². The standard InChI is InChI=1S/C11H24N2O2/c1-9(2)7-10(8-12)11(14)13-5-4-6-15-3/h9-10H,4-8,12H2,1-3H3,(H,13,14). The van der Waals surface area contributed by atoms with Gasteiger partial charge in [0.15, 0.2) is 0 Å². The molecule has 15 heavy (non-hydrogen) atoms. The molecule has 0 saturated heterocycles. The molecule has 4 heteroatoms. The van der Waals surface area contributed by atoms with Crippen LogP contribution in [0.25, 0.3) is 0 Å². The van der Waals surface area contributed by atoms with Crippen LogP contribution in [0.15, 0.2) is 0 Å². The van der Waals surface area contributed by atoms with Crippen molar-refractivity contribution in [2.45, 2.75) is 26.7 Å². The fourth-order valence-electron chi connectivity index (χ4n) is 1.45. The van der Waals surface area contributed by atoms with Gasteiger partial charge in [0.1, 0.15) is 0 Å². The normalized spacial score (nSPS) is 12.9. The van der Waals surface area contributed by atoms with Crippen molar-refractivity contribution in [3.8, 4) is 0 Å². The van der Waals surface area contributed by atoms with E-state index in [1.54, 1.807) is 7.11 Å². The summed E-state index contributed by atoms with van der Waals surface area (Å²) >= 11 is 0. The molecule has 0 aliphatic rings. The minimum Gasteiger partial charge on any atom is -0.385 e. The van der Waals surface area contributed by atoms with Gasteiger partial charge in [-0.1, -0.05) is 13.8 Å². The number of rotatable bonds is 8. The number of amides is 1. The van der Waals surface area contributed by atoms with Gasteiger partial charge >= 0.3 is 0 Å². The molecule has 0 saturated carbocycles. The van der Waals surface area contributed by atoms with Gasteiger partial charge in [-0.05, 0) is 18.8 Å². The Labute approximate surface area is 92.6 Å². The second-order valence-corrected chi connectivity index (χ2v) is 4.20. The Morgan fingerprint density at radius 1 is 1.47 bits per heavy atom. The van der Waals surface area contributed by atoms with Crippen LogP contribution in [-0.4, -0.2) is 32.7 Å². The third kappa shape index (κ3) is 7.33. The van der Waals surface area contributed by atoms with Crippen LogP contribution < -0.4 is 11.1 Å². The lowest BCUT2D eigenvalue weighted by molar-refractivity contribution is -0.125. The van der Waals surface area contributed by atoms with Crippen LogP contribution in [0.2, 0.25) is 0 Å². The van der Waals surface area contributed by atoms with Gasteiger partial charge in [-0.15, -0.1) is 0 Å². The summed E-state index contributed by atoms with van der Waals surface area (Å²) in [5, 5.41) is 2.87. The van der Waals surface area contributed by atoms with Crippen LogP contribution in [0.1, 0.15) is 26.7 Å². The molecule has 0 radical (unpaired) electrons. The molecule has 0 aromatic carbocycles. The molecule has 1 unspecified atom stereocenters. The number of nitrogens with one attached hydrogen (secondary N) is 1. The molecule has 3 N–H and O–H groups in total. The van der Waals surface area contributed by atoms with Gasteiger partial charge in [-0.25, -0.2) is 0 Å². The van der Waals surface area contributed by atoms with Gasteiger partial charge < -0.3 is 15.8 Å². The quantitative estimate of drug-likeness (QED) is 0.589. The maximum atomic E-state index is 11.6. The minimum atomic E-state index is -0.0486. The first-order valence-corrected chi connectivity index (χ1v) is 5.58. The summed E-state index contributed by atoms with van der Waals surface area (Å²) in [6.45, 7) is 5.97. The zero-order valence-electron chi connectivity index (χ0n) is 10.1. The van der Waals surface area contributed by atoms with Gasteiger partial charge in [0, 0.05) is 26.8 Å². The summed E-state index contributed by atoms with van der Waals surface area (Å²) in [6, 6.07) is 0. The van der Waals surface area contributed by atoms with E-state index in [2.05, 4.69) is 19.2 Å². The first kappa shape index (κ1) is 14.4. The van der Waals surface area contributed by atoms with E-state index in [9.17, 15) is 4.79 Å². The Morgan fingerprint density at radius 3 is 2.60 bits per heavy atom. The van der Waals surface area contributed by atoms with Crippen molar-refractivity contribution in [2.75, 3.05) is 26.8 Å². The molecule has 0 fully saturated rings. The van der Waals surface area contributed by atoms with Gasteiger partial charge in [-0.2, -0.15) is 0 Å². The Hall–Kier alpha value is -0.610. The van der Waals surface area contributed by atoms with Gasteiger partial charge in [0.05, 0.1) is 5.92 Å². The van der Waals surface area contributed by atoms with Crippen molar-refractivity contribution in [3.63, 3.8) is 0 Å². The fraction of sp³-hybridized carbons (Fsp3) is 0.909. The third-order valence-electron chi connectivity index (χ3n) is 2.24. The largest absolute Gasteiger partial charge is 0.385 e. The average Bonchev–Trinajstić information content (AvgIpc) is 2.20. The van der Waals surface area contributed by atoms with Gasteiger partial charge in [0.2, 0.25) is 5.91 Å². The Morgan fingerprint density at radius 2 is 2.13 bits per heavy atom. The first-order chi connectivity index (χ1) is 7.11. The number of methoxy groups -OCH3 is 1. The second-order valence-electron chi connectivity index (χ2n) is 4.20. The number of carbonyl (C=O) groups is 1.